The van der Waals surface area contributed by atoms with Crippen molar-refractivity contribution in [1.82, 2.24) is 4.98 Å². The molecule has 2 atom stereocenters. The number of carbonyl (C=O) groups is 2. The molecule has 0 saturated heterocycles. The minimum Gasteiger partial charge on any atom is -0.480 e. The van der Waals surface area contributed by atoms with Crippen molar-refractivity contribution >= 4 is 34.9 Å². The molecule has 0 aliphatic heterocycles. The largest absolute Gasteiger partial charge is 0.480 e. The molecule has 5 nitrogen and oxygen atoms in total. The van der Waals surface area contributed by atoms with Crippen LogP contribution in [0.4, 0.5) is 0 Å². The standard InChI is InChI=1S/C21H20N2O3S2/c1-27-17(12-16(22)21(25)26)19(24)14-8-5-9-15(20-23-10-11-28-20)18(14)13-6-3-2-4-7-13/h2-11,16-17H,12,22H2,1H3,(H,25,26)/t16-,17?/m0/s1. The van der Waals surface area contributed by atoms with Gasteiger partial charge in [-0.3, -0.25) is 9.59 Å². The zero-order chi connectivity index (χ0) is 20.1. The van der Waals surface area contributed by atoms with Crippen LogP contribution in [0.1, 0.15) is 16.8 Å². The van der Waals surface area contributed by atoms with E-state index in [1.165, 1.54) is 23.1 Å². The third-order valence-electron chi connectivity index (χ3n) is 4.42. The zero-order valence-electron chi connectivity index (χ0n) is 15.2. The van der Waals surface area contributed by atoms with Crippen molar-refractivity contribution in [3.8, 4) is 21.7 Å². The van der Waals surface area contributed by atoms with Crippen molar-refractivity contribution in [3.63, 3.8) is 0 Å². The smallest absolute Gasteiger partial charge is 0.320 e. The lowest BCUT2D eigenvalue weighted by Crippen LogP contribution is -2.35. The van der Waals surface area contributed by atoms with Crippen LogP contribution < -0.4 is 5.73 Å². The summed E-state index contributed by atoms with van der Waals surface area (Å²) in [6.07, 6.45) is 3.61. The fourth-order valence-electron chi connectivity index (χ4n) is 3.02. The van der Waals surface area contributed by atoms with Gasteiger partial charge in [-0.15, -0.1) is 11.3 Å². The van der Waals surface area contributed by atoms with Crippen molar-refractivity contribution in [3.05, 3.63) is 65.7 Å². The average molecular weight is 413 g/mol. The van der Waals surface area contributed by atoms with Crippen LogP contribution in [-0.4, -0.2) is 39.4 Å². The second-order valence-electron chi connectivity index (χ2n) is 6.20. The van der Waals surface area contributed by atoms with Crippen LogP contribution in [0.2, 0.25) is 0 Å². The summed E-state index contributed by atoms with van der Waals surface area (Å²) in [7, 11) is 0. The van der Waals surface area contributed by atoms with E-state index < -0.39 is 17.3 Å². The molecule has 3 aromatic rings. The first-order chi connectivity index (χ1) is 13.5. The Morgan fingerprint density at radius 3 is 2.54 bits per heavy atom. The summed E-state index contributed by atoms with van der Waals surface area (Å²) >= 11 is 2.83. The molecule has 1 aromatic heterocycles. The van der Waals surface area contributed by atoms with Crippen molar-refractivity contribution in [1.29, 1.82) is 0 Å². The molecule has 1 heterocycles. The summed E-state index contributed by atoms with van der Waals surface area (Å²) in [5.74, 6) is -1.23. The maximum absolute atomic E-state index is 13.4. The number of aromatic nitrogens is 1. The van der Waals surface area contributed by atoms with Gasteiger partial charge in [-0.25, -0.2) is 4.98 Å². The average Bonchev–Trinajstić information content (AvgIpc) is 3.26. The molecule has 0 saturated carbocycles. The molecule has 144 valence electrons. The second-order valence-corrected chi connectivity index (χ2v) is 8.14. The fourth-order valence-corrected chi connectivity index (χ4v) is 4.43. The quantitative estimate of drug-likeness (QED) is 0.539. The number of carboxylic acid groups (broad SMARTS) is 1. The Kier molecular flexibility index (Phi) is 6.61. The Morgan fingerprint density at radius 1 is 1.18 bits per heavy atom. The molecule has 0 spiro atoms. The predicted molar refractivity (Wildman–Crippen MR) is 115 cm³/mol. The van der Waals surface area contributed by atoms with Crippen molar-refractivity contribution in [2.24, 2.45) is 5.73 Å². The second kappa shape index (κ2) is 9.14. The number of thiazole rings is 1. The van der Waals surface area contributed by atoms with Gasteiger partial charge >= 0.3 is 5.97 Å². The number of carboxylic acids is 1. The Labute approximate surface area is 171 Å². The molecule has 7 heteroatoms. The molecule has 3 rings (SSSR count). The number of Topliss-reactive ketones (excluding diaryl/α,β-unsaturated/α-hetero) is 1. The van der Waals surface area contributed by atoms with Gasteiger partial charge in [-0.1, -0.05) is 48.5 Å². The van der Waals surface area contributed by atoms with Gasteiger partial charge in [0, 0.05) is 28.3 Å². The van der Waals surface area contributed by atoms with Crippen LogP contribution in [-0.2, 0) is 4.79 Å². The first kappa shape index (κ1) is 20.3. The Hall–Kier alpha value is -2.48. The van der Waals surface area contributed by atoms with E-state index in [4.69, 9.17) is 10.8 Å². The number of rotatable bonds is 8. The monoisotopic (exact) mass is 412 g/mol. The topological polar surface area (TPSA) is 93.3 Å². The van der Waals surface area contributed by atoms with E-state index >= 15 is 0 Å². The Balaban J connectivity index is 2.11. The lowest BCUT2D eigenvalue weighted by molar-refractivity contribution is -0.138. The summed E-state index contributed by atoms with van der Waals surface area (Å²) in [5.41, 5.74) is 8.85. The molecule has 0 aliphatic rings. The van der Waals surface area contributed by atoms with E-state index in [0.717, 1.165) is 21.7 Å². The van der Waals surface area contributed by atoms with Crippen LogP contribution in [0.25, 0.3) is 21.7 Å². The fraction of sp³-hybridized carbons (Fsp3) is 0.190. The van der Waals surface area contributed by atoms with Crippen molar-refractivity contribution in [2.75, 3.05) is 6.26 Å². The maximum atomic E-state index is 13.4. The van der Waals surface area contributed by atoms with Gasteiger partial charge in [0.05, 0.1) is 5.25 Å². The van der Waals surface area contributed by atoms with Gasteiger partial charge in [-0.05, 0) is 18.2 Å². The van der Waals surface area contributed by atoms with Crippen LogP contribution in [0.5, 0.6) is 0 Å². The van der Waals surface area contributed by atoms with Crippen LogP contribution in [0.3, 0.4) is 0 Å². The third-order valence-corrected chi connectivity index (χ3v) is 6.20. The van der Waals surface area contributed by atoms with E-state index in [1.54, 1.807) is 18.5 Å². The number of hydrogen-bond donors (Lipinski definition) is 2. The number of nitrogens with zero attached hydrogens (tertiary/aromatic N) is 1. The van der Waals surface area contributed by atoms with Gasteiger partial charge in [-0.2, -0.15) is 11.8 Å². The lowest BCUT2D eigenvalue weighted by atomic mass is 9.90. The number of carbonyl (C=O) groups excluding carboxylic acids is 1. The number of benzene rings is 2. The number of aliphatic carboxylic acids is 1. The first-order valence-corrected chi connectivity index (χ1v) is 10.8. The molecule has 2 aromatic carbocycles. The van der Waals surface area contributed by atoms with E-state index in [9.17, 15) is 9.59 Å². The van der Waals surface area contributed by atoms with Crippen molar-refractivity contribution in [2.45, 2.75) is 17.7 Å². The van der Waals surface area contributed by atoms with E-state index in [-0.39, 0.29) is 12.2 Å². The Bertz CT molecular complexity index is 959. The SMILES string of the molecule is CSC(C[C@H](N)C(=O)O)C(=O)c1cccc(-c2nccs2)c1-c1ccccc1. The highest BCUT2D eigenvalue weighted by Crippen LogP contribution is 2.37. The molecule has 3 N–H and O–H groups in total. The van der Waals surface area contributed by atoms with Gasteiger partial charge in [0.25, 0.3) is 0 Å². The number of nitrogens with two attached hydrogens (primary N) is 1. The predicted octanol–water partition coefficient (Wildman–Crippen LogP) is 4.19. The number of ketones is 1. The van der Waals surface area contributed by atoms with Gasteiger partial charge in [0.1, 0.15) is 11.0 Å². The molecule has 1 unspecified atom stereocenters. The number of thioether (sulfide) groups is 1. The summed E-state index contributed by atoms with van der Waals surface area (Å²) in [5, 5.41) is 11.3. The van der Waals surface area contributed by atoms with Gasteiger partial charge in [0.15, 0.2) is 5.78 Å². The van der Waals surface area contributed by atoms with E-state index in [0.29, 0.717) is 5.56 Å². The molecule has 0 fully saturated rings. The van der Waals surface area contributed by atoms with Crippen LogP contribution in [0.15, 0.2) is 60.1 Å². The molecule has 0 bridgehead atoms. The highest BCUT2D eigenvalue weighted by Gasteiger charge is 2.28. The summed E-state index contributed by atoms with van der Waals surface area (Å²) < 4.78 is 0. The number of hydrogen-bond acceptors (Lipinski definition) is 6. The lowest BCUT2D eigenvalue weighted by Gasteiger charge is -2.19. The Morgan fingerprint density at radius 2 is 1.93 bits per heavy atom. The van der Waals surface area contributed by atoms with Crippen LogP contribution >= 0.6 is 23.1 Å². The summed E-state index contributed by atoms with van der Waals surface area (Å²) in [6.45, 7) is 0. The first-order valence-electron chi connectivity index (χ1n) is 8.66. The summed E-state index contributed by atoms with van der Waals surface area (Å²) in [4.78, 5) is 28.9. The maximum Gasteiger partial charge on any atom is 0.320 e. The van der Waals surface area contributed by atoms with E-state index in [2.05, 4.69) is 4.98 Å². The normalized spacial score (nSPS) is 13.1. The van der Waals surface area contributed by atoms with E-state index in [1.807, 2.05) is 47.8 Å². The minimum absolute atomic E-state index is 0.0744. The molecule has 0 amide bonds. The zero-order valence-corrected chi connectivity index (χ0v) is 16.9. The third kappa shape index (κ3) is 4.32. The minimum atomic E-state index is -1.10. The highest BCUT2D eigenvalue weighted by atomic mass is 32.2. The van der Waals surface area contributed by atoms with Gasteiger partial charge in [0.2, 0.25) is 0 Å². The molecule has 0 radical (unpaired) electrons. The molecular formula is C21H20N2O3S2. The van der Waals surface area contributed by atoms with Gasteiger partial charge < -0.3 is 10.8 Å². The highest BCUT2D eigenvalue weighted by molar-refractivity contribution is 8.00. The molecule has 0 aliphatic carbocycles. The van der Waals surface area contributed by atoms with Crippen molar-refractivity contribution < 1.29 is 14.7 Å². The molecule has 28 heavy (non-hydrogen) atoms. The van der Waals surface area contributed by atoms with Crippen LogP contribution in [0, 0.1) is 0 Å². The summed E-state index contributed by atoms with van der Waals surface area (Å²) in [6, 6.07) is 14.2. The molecular weight excluding hydrogens is 392 g/mol.